The molecule has 0 aliphatic rings. The summed E-state index contributed by atoms with van der Waals surface area (Å²) in [5, 5.41) is 13.6. The zero-order chi connectivity index (χ0) is 15.2. The van der Waals surface area contributed by atoms with Gasteiger partial charge in [0.2, 0.25) is 0 Å². The number of carbonyl (C=O) groups is 2. The molecule has 21 heavy (non-hydrogen) atoms. The number of hydrogen-bond acceptors (Lipinski definition) is 4. The standard InChI is InChI=1S/C15H15NO4S/c1-20-9-10-4-2-5-11(8-10)14(17)16-13(15(18)19)12-6-3-7-21-12/h2-8,13H,9H2,1H3,(H,16,17)(H,18,19). The van der Waals surface area contributed by atoms with Crippen LogP contribution in [-0.4, -0.2) is 24.1 Å². The number of carboxylic acids is 1. The Balaban J connectivity index is 2.16. The minimum atomic E-state index is -1.08. The Labute approximate surface area is 126 Å². The van der Waals surface area contributed by atoms with Crippen LogP contribution >= 0.6 is 11.3 Å². The molecule has 1 aromatic carbocycles. The molecule has 0 fully saturated rings. The molecule has 0 radical (unpaired) electrons. The summed E-state index contributed by atoms with van der Waals surface area (Å²) in [5.74, 6) is -1.51. The molecule has 0 saturated heterocycles. The summed E-state index contributed by atoms with van der Waals surface area (Å²) in [6.45, 7) is 0.397. The molecule has 1 heterocycles. The molecule has 1 atom stereocenters. The Hall–Kier alpha value is -2.18. The van der Waals surface area contributed by atoms with Crippen LogP contribution in [0.25, 0.3) is 0 Å². The summed E-state index contributed by atoms with van der Waals surface area (Å²) in [6, 6.07) is 9.31. The van der Waals surface area contributed by atoms with E-state index < -0.39 is 17.9 Å². The molecular weight excluding hydrogens is 290 g/mol. The van der Waals surface area contributed by atoms with E-state index in [9.17, 15) is 14.7 Å². The van der Waals surface area contributed by atoms with Gasteiger partial charge < -0.3 is 15.2 Å². The van der Waals surface area contributed by atoms with Crippen molar-refractivity contribution < 1.29 is 19.4 Å². The maximum absolute atomic E-state index is 12.2. The summed E-state index contributed by atoms with van der Waals surface area (Å²) in [5.41, 5.74) is 1.26. The van der Waals surface area contributed by atoms with Crippen molar-refractivity contribution in [3.8, 4) is 0 Å². The average molecular weight is 305 g/mol. The lowest BCUT2D eigenvalue weighted by Gasteiger charge is -2.13. The van der Waals surface area contributed by atoms with E-state index in [0.717, 1.165) is 5.56 Å². The van der Waals surface area contributed by atoms with Crippen molar-refractivity contribution >= 4 is 23.2 Å². The van der Waals surface area contributed by atoms with E-state index in [1.165, 1.54) is 11.3 Å². The fourth-order valence-corrected chi connectivity index (χ4v) is 2.66. The molecule has 6 heteroatoms. The molecule has 2 rings (SSSR count). The number of aliphatic carboxylic acids is 1. The Kier molecular flexibility index (Phi) is 5.08. The number of rotatable bonds is 6. The van der Waals surface area contributed by atoms with Crippen LogP contribution < -0.4 is 5.32 Å². The minimum Gasteiger partial charge on any atom is -0.479 e. The Morgan fingerprint density at radius 3 is 2.76 bits per heavy atom. The van der Waals surface area contributed by atoms with Gasteiger partial charge in [-0.1, -0.05) is 18.2 Å². The summed E-state index contributed by atoms with van der Waals surface area (Å²) in [7, 11) is 1.57. The van der Waals surface area contributed by atoms with Crippen molar-refractivity contribution in [1.29, 1.82) is 0 Å². The van der Waals surface area contributed by atoms with Crippen molar-refractivity contribution in [3.05, 3.63) is 57.8 Å². The van der Waals surface area contributed by atoms with E-state index in [1.807, 2.05) is 6.07 Å². The van der Waals surface area contributed by atoms with Crippen LogP contribution in [-0.2, 0) is 16.1 Å². The largest absolute Gasteiger partial charge is 0.479 e. The summed E-state index contributed by atoms with van der Waals surface area (Å²) in [4.78, 5) is 24.1. The zero-order valence-electron chi connectivity index (χ0n) is 11.4. The number of hydrogen-bond donors (Lipinski definition) is 2. The molecule has 0 bridgehead atoms. The summed E-state index contributed by atoms with van der Waals surface area (Å²) >= 11 is 1.29. The number of carbonyl (C=O) groups excluding carboxylic acids is 1. The number of benzene rings is 1. The topological polar surface area (TPSA) is 75.6 Å². The van der Waals surface area contributed by atoms with Crippen LogP contribution in [0.1, 0.15) is 26.8 Å². The lowest BCUT2D eigenvalue weighted by Crippen LogP contribution is -2.33. The van der Waals surface area contributed by atoms with Gasteiger partial charge in [0.25, 0.3) is 5.91 Å². The van der Waals surface area contributed by atoms with Gasteiger partial charge in [-0.25, -0.2) is 4.79 Å². The van der Waals surface area contributed by atoms with Gasteiger partial charge >= 0.3 is 5.97 Å². The first-order valence-corrected chi connectivity index (χ1v) is 7.14. The maximum atomic E-state index is 12.2. The Morgan fingerprint density at radius 1 is 1.33 bits per heavy atom. The molecule has 1 amide bonds. The number of ether oxygens (including phenoxy) is 1. The fourth-order valence-electron chi connectivity index (χ4n) is 1.89. The van der Waals surface area contributed by atoms with Crippen LogP contribution in [0.15, 0.2) is 41.8 Å². The van der Waals surface area contributed by atoms with Crippen molar-refractivity contribution in [3.63, 3.8) is 0 Å². The average Bonchev–Trinajstić information content (AvgIpc) is 2.98. The number of methoxy groups -OCH3 is 1. The lowest BCUT2D eigenvalue weighted by molar-refractivity contribution is -0.139. The number of thiophene rings is 1. The van der Waals surface area contributed by atoms with E-state index in [1.54, 1.807) is 42.8 Å². The second-order valence-corrected chi connectivity index (χ2v) is 5.37. The molecule has 1 unspecified atom stereocenters. The molecule has 0 saturated carbocycles. The third-order valence-electron chi connectivity index (χ3n) is 2.85. The van der Waals surface area contributed by atoms with Crippen LogP contribution in [0.3, 0.4) is 0 Å². The second-order valence-electron chi connectivity index (χ2n) is 4.39. The SMILES string of the molecule is COCc1cccc(C(=O)NC(C(=O)O)c2cccs2)c1. The van der Waals surface area contributed by atoms with Gasteiger partial charge in [-0.3, -0.25) is 4.79 Å². The molecule has 2 N–H and O–H groups in total. The van der Waals surface area contributed by atoms with Crippen molar-refractivity contribution in [2.75, 3.05) is 7.11 Å². The van der Waals surface area contributed by atoms with E-state index in [4.69, 9.17) is 4.74 Å². The Morgan fingerprint density at radius 2 is 2.14 bits per heavy atom. The summed E-state index contributed by atoms with van der Waals surface area (Å²) < 4.78 is 5.02. The zero-order valence-corrected chi connectivity index (χ0v) is 12.2. The molecule has 2 aromatic rings. The van der Waals surface area contributed by atoms with Gasteiger partial charge in [-0.05, 0) is 29.1 Å². The predicted octanol–water partition coefficient (Wildman–Crippen LogP) is 2.45. The Bertz CT molecular complexity index is 624. The lowest BCUT2D eigenvalue weighted by atomic mass is 10.1. The molecule has 5 nitrogen and oxygen atoms in total. The van der Waals surface area contributed by atoms with Crippen LogP contribution in [0.4, 0.5) is 0 Å². The van der Waals surface area contributed by atoms with Gasteiger partial charge in [0, 0.05) is 17.6 Å². The van der Waals surface area contributed by atoms with E-state index in [2.05, 4.69) is 5.32 Å². The molecule has 0 spiro atoms. The molecular formula is C15H15NO4S. The number of carboxylic acid groups (broad SMARTS) is 1. The highest BCUT2D eigenvalue weighted by Crippen LogP contribution is 2.20. The van der Waals surface area contributed by atoms with Gasteiger partial charge in [-0.2, -0.15) is 0 Å². The maximum Gasteiger partial charge on any atom is 0.331 e. The predicted molar refractivity (Wildman–Crippen MR) is 79.3 cm³/mol. The third-order valence-corrected chi connectivity index (χ3v) is 3.79. The first-order chi connectivity index (χ1) is 10.1. The van der Waals surface area contributed by atoms with E-state index in [0.29, 0.717) is 17.0 Å². The third kappa shape index (κ3) is 3.90. The van der Waals surface area contributed by atoms with Gasteiger partial charge in [0.05, 0.1) is 6.61 Å². The van der Waals surface area contributed by atoms with Crippen LogP contribution in [0.2, 0.25) is 0 Å². The van der Waals surface area contributed by atoms with Crippen molar-refractivity contribution in [1.82, 2.24) is 5.32 Å². The number of amides is 1. The van der Waals surface area contributed by atoms with E-state index in [-0.39, 0.29) is 0 Å². The second kappa shape index (κ2) is 7.01. The quantitative estimate of drug-likeness (QED) is 0.859. The highest BCUT2D eigenvalue weighted by atomic mass is 32.1. The summed E-state index contributed by atoms with van der Waals surface area (Å²) in [6.07, 6.45) is 0. The van der Waals surface area contributed by atoms with Crippen LogP contribution in [0.5, 0.6) is 0 Å². The van der Waals surface area contributed by atoms with Gasteiger partial charge in [0.15, 0.2) is 6.04 Å². The van der Waals surface area contributed by atoms with Crippen LogP contribution in [0, 0.1) is 0 Å². The van der Waals surface area contributed by atoms with Gasteiger partial charge in [0.1, 0.15) is 0 Å². The van der Waals surface area contributed by atoms with Gasteiger partial charge in [-0.15, -0.1) is 11.3 Å². The first-order valence-electron chi connectivity index (χ1n) is 6.26. The van der Waals surface area contributed by atoms with Crippen molar-refractivity contribution in [2.24, 2.45) is 0 Å². The highest BCUT2D eigenvalue weighted by Gasteiger charge is 2.23. The molecule has 110 valence electrons. The molecule has 0 aliphatic heterocycles. The normalized spacial score (nSPS) is 11.9. The highest BCUT2D eigenvalue weighted by molar-refractivity contribution is 7.10. The molecule has 1 aromatic heterocycles. The molecule has 0 aliphatic carbocycles. The monoisotopic (exact) mass is 305 g/mol. The fraction of sp³-hybridized carbons (Fsp3) is 0.200. The first kappa shape index (κ1) is 15.2. The minimum absolute atomic E-state index is 0.397. The smallest absolute Gasteiger partial charge is 0.331 e. The number of nitrogens with one attached hydrogen (secondary N) is 1. The van der Waals surface area contributed by atoms with E-state index >= 15 is 0 Å². The van der Waals surface area contributed by atoms with Crippen molar-refractivity contribution in [2.45, 2.75) is 12.6 Å².